The minimum Gasteiger partial charge on any atom is -0.497 e. The van der Waals surface area contributed by atoms with E-state index < -0.39 is 6.04 Å². The van der Waals surface area contributed by atoms with Crippen LogP contribution in [-0.4, -0.2) is 32.6 Å². The second kappa shape index (κ2) is 8.98. The lowest BCUT2D eigenvalue weighted by atomic mass is 9.97. The Kier molecular flexibility index (Phi) is 6.09. The van der Waals surface area contributed by atoms with Crippen LogP contribution in [0.5, 0.6) is 11.5 Å². The molecule has 0 spiro atoms. The third-order valence-electron chi connectivity index (χ3n) is 6.16. The number of ether oxygens (including phenoxy) is 2. The molecule has 2 amide bonds. The normalized spacial score (nSPS) is 16.2. The van der Waals surface area contributed by atoms with E-state index in [4.69, 9.17) is 9.47 Å². The van der Waals surface area contributed by atoms with Crippen LogP contribution in [0.3, 0.4) is 0 Å². The summed E-state index contributed by atoms with van der Waals surface area (Å²) in [4.78, 5) is 30.6. The zero-order valence-electron chi connectivity index (χ0n) is 19.6. The fourth-order valence-corrected chi connectivity index (χ4v) is 4.11. The molecule has 1 aliphatic rings. The van der Waals surface area contributed by atoms with Crippen molar-refractivity contribution >= 4 is 23.2 Å². The summed E-state index contributed by atoms with van der Waals surface area (Å²) in [5, 5.41) is 0. The first-order valence-corrected chi connectivity index (χ1v) is 10.8. The molecule has 1 heterocycles. The van der Waals surface area contributed by atoms with Crippen LogP contribution in [0.2, 0.25) is 0 Å². The van der Waals surface area contributed by atoms with Crippen molar-refractivity contribution in [2.24, 2.45) is 0 Å². The van der Waals surface area contributed by atoms with Gasteiger partial charge in [0.1, 0.15) is 24.1 Å². The molecule has 0 radical (unpaired) electrons. The Morgan fingerprint density at radius 1 is 0.818 bits per heavy atom. The molecule has 6 nitrogen and oxygen atoms in total. The number of aryl methyl sites for hydroxylation is 3. The van der Waals surface area contributed by atoms with Gasteiger partial charge in [0.2, 0.25) is 5.91 Å². The summed E-state index contributed by atoms with van der Waals surface area (Å²) in [5.74, 6) is 0.720. The molecule has 0 aromatic heterocycles. The van der Waals surface area contributed by atoms with Gasteiger partial charge in [0.15, 0.2) is 0 Å². The summed E-state index contributed by atoms with van der Waals surface area (Å²) in [6.07, 6.45) is 0. The average Bonchev–Trinajstić information content (AvgIpc) is 2.82. The summed E-state index contributed by atoms with van der Waals surface area (Å²) in [6.45, 7) is 5.94. The lowest BCUT2D eigenvalue weighted by Gasteiger charge is -2.41. The van der Waals surface area contributed by atoms with Crippen LogP contribution in [0, 0.1) is 20.8 Å². The van der Waals surface area contributed by atoms with Crippen molar-refractivity contribution in [1.82, 2.24) is 0 Å². The maximum absolute atomic E-state index is 14.0. The average molecular weight is 445 g/mol. The number of nitrogens with zero attached hydrogens (tertiary/aromatic N) is 2. The number of methoxy groups -OCH3 is 2. The van der Waals surface area contributed by atoms with Crippen LogP contribution in [0.25, 0.3) is 0 Å². The molecule has 0 unspecified atom stereocenters. The van der Waals surface area contributed by atoms with Crippen molar-refractivity contribution in [2.45, 2.75) is 26.8 Å². The smallest absolute Gasteiger partial charge is 0.255 e. The lowest BCUT2D eigenvalue weighted by molar-refractivity contribution is -0.128. The van der Waals surface area contributed by atoms with Gasteiger partial charge in [-0.3, -0.25) is 19.4 Å². The highest BCUT2D eigenvalue weighted by molar-refractivity contribution is 6.15. The number of anilines is 2. The molecule has 0 aliphatic carbocycles. The summed E-state index contributed by atoms with van der Waals surface area (Å²) in [6, 6.07) is 18.0. The summed E-state index contributed by atoms with van der Waals surface area (Å²) >= 11 is 0. The maximum Gasteiger partial charge on any atom is 0.255 e. The highest BCUT2D eigenvalue weighted by Gasteiger charge is 2.42. The monoisotopic (exact) mass is 444 g/mol. The maximum atomic E-state index is 14.0. The first kappa shape index (κ1) is 22.4. The van der Waals surface area contributed by atoms with Gasteiger partial charge in [-0.2, -0.15) is 0 Å². The second-order valence-corrected chi connectivity index (χ2v) is 8.31. The Hall–Kier alpha value is -3.80. The number of carbonyl (C=O) groups excluding carboxylic acids is 2. The van der Waals surface area contributed by atoms with Crippen LogP contribution < -0.4 is 19.3 Å². The van der Waals surface area contributed by atoms with Crippen molar-refractivity contribution < 1.29 is 19.1 Å². The molecule has 0 N–H and O–H groups in total. The lowest BCUT2D eigenvalue weighted by Crippen LogP contribution is -2.56. The van der Waals surface area contributed by atoms with Gasteiger partial charge in [0, 0.05) is 11.8 Å². The molecule has 170 valence electrons. The molecule has 0 saturated carbocycles. The van der Waals surface area contributed by atoms with Gasteiger partial charge in [-0.25, -0.2) is 0 Å². The first-order valence-electron chi connectivity index (χ1n) is 10.8. The molecule has 3 aromatic carbocycles. The number of rotatable bonds is 5. The zero-order chi connectivity index (χ0) is 23.7. The van der Waals surface area contributed by atoms with Gasteiger partial charge in [0.05, 0.1) is 19.9 Å². The Balaban J connectivity index is 1.83. The Bertz CT molecular complexity index is 1200. The van der Waals surface area contributed by atoms with Crippen molar-refractivity contribution in [3.05, 3.63) is 82.9 Å². The predicted molar refractivity (Wildman–Crippen MR) is 129 cm³/mol. The standard InChI is InChI=1S/C27H28N2O4/c1-17-6-9-20(10-7-17)26-27(31)28(23-13-12-22(32-4)15-24(23)33-5)16-25(30)29(26)21-11-8-18(2)19(3)14-21/h6-15,26H,16H2,1-5H3/t26-/m1/s1. The van der Waals surface area contributed by atoms with E-state index >= 15 is 0 Å². The number of hydrogen-bond acceptors (Lipinski definition) is 4. The highest BCUT2D eigenvalue weighted by Crippen LogP contribution is 2.39. The molecule has 3 aromatic rings. The molecule has 1 aliphatic heterocycles. The van der Waals surface area contributed by atoms with Crippen molar-refractivity contribution in [2.75, 3.05) is 30.6 Å². The zero-order valence-corrected chi connectivity index (χ0v) is 19.6. The van der Waals surface area contributed by atoms with E-state index in [1.165, 1.54) is 12.0 Å². The number of benzene rings is 3. The molecular formula is C27H28N2O4. The molecule has 1 saturated heterocycles. The van der Waals surface area contributed by atoms with Gasteiger partial charge in [-0.15, -0.1) is 0 Å². The fourth-order valence-electron chi connectivity index (χ4n) is 4.11. The largest absolute Gasteiger partial charge is 0.497 e. The third kappa shape index (κ3) is 4.16. The fraction of sp³-hybridized carbons (Fsp3) is 0.259. The molecule has 1 atom stereocenters. The Morgan fingerprint density at radius 3 is 2.18 bits per heavy atom. The van der Waals surface area contributed by atoms with E-state index in [0.29, 0.717) is 22.9 Å². The van der Waals surface area contributed by atoms with Gasteiger partial charge < -0.3 is 9.47 Å². The summed E-state index contributed by atoms with van der Waals surface area (Å²) < 4.78 is 10.8. The topological polar surface area (TPSA) is 59.1 Å². The van der Waals surface area contributed by atoms with Crippen LogP contribution in [0.4, 0.5) is 11.4 Å². The van der Waals surface area contributed by atoms with Crippen LogP contribution in [0.1, 0.15) is 28.3 Å². The number of amides is 2. The van der Waals surface area contributed by atoms with Crippen LogP contribution in [-0.2, 0) is 9.59 Å². The Labute approximate surface area is 194 Å². The number of carbonyl (C=O) groups is 2. The third-order valence-corrected chi connectivity index (χ3v) is 6.16. The number of piperazine rings is 1. The molecule has 0 bridgehead atoms. The first-order chi connectivity index (χ1) is 15.8. The van der Waals surface area contributed by atoms with E-state index in [-0.39, 0.29) is 18.4 Å². The van der Waals surface area contributed by atoms with Gasteiger partial charge in [-0.05, 0) is 61.7 Å². The molecular weight excluding hydrogens is 416 g/mol. The molecule has 6 heteroatoms. The van der Waals surface area contributed by atoms with Crippen LogP contribution in [0.15, 0.2) is 60.7 Å². The van der Waals surface area contributed by atoms with E-state index in [0.717, 1.165) is 22.3 Å². The van der Waals surface area contributed by atoms with E-state index in [1.807, 2.05) is 63.2 Å². The molecule has 1 fully saturated rings. The Morgan fingerprint density at radius 2 is 1.55 bits per heavy atom. The SMILES string of the molecule is COc1ccc(N2CC(=O)N(c3ccc(C)c(C)c3)[C@H](c3ccc(C)cc3)C2=O)c(OC)c1. The minimum absolute atomic E-state index is 0.0865. The van der Waals surface area contributed by atoms with Crippen molar-refractivity contribution in [1.29, 1.82) is 0 Å². The predicted octanol–water partition coefficient (Wildman–Crippen LogP) is 4.75. The molecule has 33 heavy (non-hydrogen) atoms. The van der Waals surface area contributed by atoms with E-state index in [9.17, 15) is 9.59 Å². The summed E-state index contributed by atoms with van der Waals surface area (Å²) in [5.41, 5.74) is 5.28. The van der Waals surface area contributed by atoms with Gasteiger partial charge in [-0.1, -0.05) is 35.9 Å². The van der Waals surface area contributed by atoms with Crippen molar-refractivity contribution in [3.8, 4) is 11.5 Å². The van der Waals surface area contributed by atoms with Gasteiger partial charge in [0.25, 0.3) is 5.91 Å². The molecule has 4 rings (SSSR count). The van der Waals surface area contributed by atoms with E-state index in [2.05, 4.69) is 0 Å². The van der Waals surface area contributed by atoms with E-state index in [1.54, 1.807) is 30.2 Å². The van der Waals surface area contributed by atoms with Crippen LogP contribution >= 0.6 is 0 Å². The van der Waals surface area contributed by atoms with Crippen molar-refractivity contribution in [3.63, 3.8) is 0 Å². The minimum atomic E-state index is -0.791. The summed E-state index contributed by atoms with van der Waals surface area (Å²) in [7, 11) is 3.10. The van der Waals surface area contributed by atoms with Gasteiger partial charge >= 0.3 is 0 Å². The second-order valence-electron chi connectivity index (χ2n) is 8.31. The number of hydrogen-bond donors (Lipinski definition) is 0. The highest BCUT2D eigenvalue weighted by atomic mass is 16.5. The quantitative estimate of drug-likeness (QED) is 0.570.